The second kappa shape index (κ2) is 5.25. The number of ether oxygens (including phenoxy) is 1. The lowest BCUT2D eigenvalue weighted by molar-refractivity contribution is 0.117. The summed E-state index contributed by atoms with van der Waals surface area (Å²) in [5.41, 5.74) is 1.43. The highest BCUT2D eigenvalue weighted by Crippen LogP contribution is 2.62. The number of halogens is 2. The molecule has 3 rings (SSSR count). The molecule has 1 aliphatic heterocycles. The van der Waals surface area contributed by atoms with Crippen molar-refractivity contribution < 1.29 is 4.74 Å². The van der Waals surface area contributed by atoms with Gasteiger partial charge in [-0.2, -0.15) is 0 Å². The third kappa shape index (κ3) is 2.19. The molecule has 0 bridgehead atoms. The summed E-state index contributed by atoms with van der Waals surface area (Å²) in [7, 11) is 0. The first kappa shape index (κ1) is 13.7. The Kier molecular flexibility index (Phi) is 3.78. The zero-order valence-corrected chi connectivity index (χ0v) is 12.6. The van der Waals surface area contributed by atoms with Crippen molar-refractivity contribution in [2.45, 2.75) is 18.8 Å². The molecular formula is C15H19Cl2NO. The van der Waals surface area contributed by atoms with Crippen LogP contribution in [0.4, 0.5) is 0 Å². The van der Waals surface area contributed by atoms with Gasteiger partial charge in [-0.25, -0.2) is 0 Å². The number of benzene rings is 1. The smallest absolute Gasteiger partial charge is 0.0595 e. The minimum atomic E-state index is 0.147. The van der Waals surface area contributed by atoms with E-state index in [0.29, 0.717) is 16.0 Å². The maximum Gasteiger partial charge on any atom is 0.0595 e. The molecule has 3 atom stereocenters. The Morgan fingerprint density at radius 2 is 2.16 bits per heavy atom. The van der Waals surface area contributed by atoms with Gasteiger partial charge in [0.05, 0.1) is 16.7 Å². The average Bonchev–Trinajstić information content (AvgIpc) is 3.09. The van der Waals surface area contributed by atoms with E-state index >= 15 is 0 Å². The lowest BCUT2D eigenvalue weighted by Gasteiger charge is -2.19. The van der Waals surface area contributed by atoms with Crippen LogP contribution in [-0.4, -0.2) is 26.3 Å². The van der Waals surface area contributed by atoms with E-state index in [-0.39, 0.29) is 5.41 Å². The van der Waals surface area contributed by atoms with Gasteiger partial charge < -0.3 is 10.1 Å². The van der Waals surface area contributed by atoms with E-state index in [1.165, 1.54) is 12.0 Å². The Hall–Kier alpha value is -0.280. The first-order valence-electron chi connectivity index (χ1n) is 6.94. The van der Waals surface area contributed by atoms with Crippen LogP contribution in [0.25, 0.3) is 0 Å². The maximum absolute atomic E-state index is 6.19. The molecule has 1 heterocycles. The van der Waals surface area contributed by atoms with Gasteiger partial charge >= 0.3 is 0 Å². The van der Waals surface area contributed by atoms with Crippen LogP contribution < -0.4 is 5.32 Å². The molecule has 1 aromatic carbocycles. The lowest BCUT2D eigenvalue weighted by atomic mass is 9.92. The van der Waals surface area contributed by atoms with Gasteiger partial charge in [0, 0.05) is 12.0 Å². The van der Waals surface area contributed by atoms with E-state index in [1.807, 2.05) is 19.1 Å². The SMILES string of the molecule is CCOC[C@]1(c2ccc(Cl)c(Cl)c2)C2CNCC[C@@H]21. The first-order chi connectivity index (χ1) is 9.20. The second-order valence-corrected chi connectivity index (χ2v) is 6.33. The van der Waals surface area contributed by atoms with Gasteiger partial charge in [-0.1, -0.05) is 29.3 Å². The fraction of sp³-hybridized carbons (Fsp3) is 0.600. The normalized spacial score (nSPS) is 33.0. The van der Waals surface area contributed by atoms with Crippen LogP contribution in [0.3, 0.4) is 0 Å². The summed E-state index contributed by atoms with van der Waals surface area (Å²) in [5, 5.41) is 4.76. The molecule has 4 heteroatoms. The molecule has 2 fully saturated rings. The summed E-state index contributed by atoms with van der Waals surface area (Å²) >= 11 is 12.2. The minimum absolute atomic E-state index is 0.147. The van der Waals surface area contributed by atoms with Crippen molar-refractivity contribution in [3.8, 4) is 0 Å². The molecule has 1 saturated carbocycles. The van der Waals surface area contributed by atoms with Gasteiger partial charge in [-0.05, 0) is 56.0 Å². The standard InChI is InChI=1S/C15H19Cl2NO/c1-2-19-9-15(11-5-6-18-8-12(11)15)10-3-4-13(16)14(17)7-10/h3-4,7,11-12,18H,2,5-6,8-9H2,1H3/t11-,12?,15+/m0/s1. The summed E-state index contributed by atoms with van der Waals surface area (Å²) in [6.07, 6.45) is 1.22. The minimum Gasteiger partial charge on any atom is -0.381 e. The molecule has 19 heavy (non-hydrogen) atoms. The van der Waals surface area contributed by atoms with Crippen molar-refractivity contribution in [2.24, 2.45) is 11.8 Å². The summed E-state index contributed by atoms with van der Waals surface area (Å²) in [4.78, 5) is 0. The predicted octanol–water partition coefficient (Wildman–Crippen LogP) is 3.51. The van der Waals surface area contributed by atoms with Gasteiger partial charge in [-0.15, -0.1) is 0 Å². The van der Waals surface area contributed by atoms with Crippen LogP contribution in [0, 0.1) is 11.8 Å². The zero-order valence-electron chi connectivity index (χ0n) is 11.1. The third-order valence-corrected chi connectivity index (χ3v) is 5.44. The molecule has 0 amide bonds. The number of piperidine rings is 1. The van der Waals surface area contributed by atoms with Crippen molar-refractivity contribution >= 4 is 23.2 Å². The van der Waals surface area contributed by atoms with Crippen LogP contribution in [-0.2, 0) is 10.2 Å². The topological polar surface area (TPSA) is 21.3 Å². The van der Waals surface area contributed by atoms with Gasteiger partial charge in [0.2, 0.25) is 0 Å². The average molecular weight is 300 g/mol. The molecule has 0 spiro atoms. The van der Waals surface area contributed by atoms with Crippen molar-refractivity contribution in [1.82, 2.24) is 5.32 Å². The highest BCUT2D eigenvalue weighted by molar-refractivity contribution is 6.42. The monoisotopic (exact) mass is 299 g/mol. The molecule has 1 aliphatic carbocycles. The van der Waals surface area contributed by atoms with E-state index in [9.17, 15) is 0 Å². The van der Waals surface area contributed by atoms with Gasteiger partial charge in [0.15, 0.2) is 0 Å². The molecule has 0 aromatic heterocycles. The molecule has 104 valence electrons. The van der Waals surface area contributed by atoms with E-state index in [1.54, 1.807) is 0 Å². The van der Waals surface area contributed by atoms with Crippen molar-refractivity contribution in [2.75, 3.05) is 26.3 Å². The summed E-state index contributed by atoms with van der Waals surface area (Å²) < 4.78 is 5.77. The van der Waals surface area contributed by atoms with Crippen molar-refractivity contribution in [3.05, 3.63) is 33.8 Å². The number of fused-ring (bicyclic) bond motifs is 1. The van der Waals surface area contributed by atoms with E-state index in [4.69, 9.17) is 27.9 Å². The van der Waals surface area contributed by atoms with E-state index in [2.05, 4.69) is 11.4 Å². The number of hydrogen-bond acceptors (Lipinski definition) is 2. The quantitative estimate of drug-likeness (QED) is 0.919. The Balaban J connectivity index is 1.93. The van der Waals surface area contributed by atoms with Gasteiger partial charge in [0.1, 0.15) is 0 Å². The van der Waals surface area contributed by atoms with E-state index < -0.39 is 0 Å². The molecular weight excluding hydrogens is 281 g/mol. The van der Waals surface area contributed by atoms with Crippen molar-refractivity contribution in [3.63, 3.8) is 0 Å². The first-order valence-corrected chi connectivity index (χ1v) is 7.69. The Morgan fingerprint density at radius 3 is 2.79 bits per heavy atom. The van der Waals surface area contributed by atoms with Crippen molar-refractivity contribution in [1.29, 1.82) is 0 Å². The Morgan fingerprint density at radius 1 is 1.32 bits per heavy atom. The molecule has 1 N–H and O–H groups in total. The molecule has 0 radical (unpaired) electrons. The fourth-order valence-corrected chi connectivity index (χ4v) is 3.98. The van der Waals surface area contributed by atoms with Crippen LogP contribution in [0.15, 0.2) is 18.2 Å². The van der Waals surface area contributed by atoms with Crippen LogP contribution in [0.5, 0.6) is 0 Å². The maximum atomic E-state index is 6.19. The number of rotatable bonds is 4. The van der Waals surface area contributed by atoms with Gasteiger partial charge in [-0.3, -0.25) is 0 Å². The third-order valence-electron chi connectivity index (χ3n) is 4.70. The largest absolute Gasteiger partial charge is 0.381 e. The molecule has 2 aliphatic rings. The fourth-order valence-electron chi connectivity index (χ4n) is 3.68. The Labute approximate surface area is 124 Å². The van der Waals surface area contributed by atoms with E-state index in [0.717, 1.165) is 32.2 Å². The summed E-state index contributed by atoms with van der Waals surface area (Å²) in [5.74, 6) is 1.39. The van der Waals surface area contributed by atoms with Crippen LogP contribution >= 0.6 is 23.2 Å². The molecule has 1 unspecified atom stereocenters. The highest BCUT2D eigenvalue weighted by Gasteiger charge is 2.65. The molecule has 1 saturated heterocycles. The van der Waals surface area contributed by atoms with Crippen LogP contribution in [0.1, 0.15) is 18.9 Å². The van der Waals surface area contributed by atoms with Crippen LogP contribution in [0.2, 0.25) is 10.0 Å². The zero-order chi connectivity index (χ0) is 13.5. The summed E-state index contributed by atoms with van der Waals surface area (Å²) in [6.45, 7) is 5.79. The molecule has 2 nitrogen and oxygen atoms in total. The molecule has 1 aromatic rings. The highest BCUT2D eigenvalue weighted by atomic mass is 35.5. The summed E-state index contributed by atoms with van der Waals surface area (Å²) in [6, 6.07) is 6.05. The lowest BCUT2D eigenvalue weighted by Crippen LogP contribution is -2.25. The Bertz CT molecular complexity index is 465. The predicted molar refractivity (Wildman–Crippen MR) is 79.1 cm³/mol. The van der Waals surface area contributed by atoms with Gasteiger partial charge in [0.25, 0.3) is 0 Å². The number of nitrogens with one attached hydrogen (secondary N) is 1. The number of hydrogen-bond donors (Lipinski definition) is 1. The second-order valence-electron chi connectivity index (χ2n) is 5.51.